The van der Waals surface area contributed by atoms with E-state index in [1.807, 2.05) is 24.3 Å². The molecular weight excluding hydrogens is 342 g/mol. The van der Waals surface area contributed by atoms with Gasteiger partial charge in [0.1, 0.15) is 0 Å². The Hall–Kier alpha value is -1.95. The van der Waals surface area contributed by atoms with Crippen molar-refractivity contribution in [2.45, 2.75) is 13.0 Å². The Kier molecular flexibility index (Phi) is 4.57. The van der Waals surface area contributed by atoms with Crippen molar-refractivity contribution in [1.82, 2.24) is 5.32 Å². The quantitative estimate of drug-likeness (QED) is 0.823. The first-order valence-corrected chi connectivity index (χ1v) is 6.98. The van der Waals surface area contributed by atoms with E-state index in [0.717, 1.165) is 22.2 Å². The van der Waals surface area contributed by atoms with Crippen molar-refractivity contribution in [2.24, 2.45) is 0 Å². The first-order valence-electron chi connectivity index (χ1n) is 6.19. The summed E-state index contributed by atoms with van der Waals surface area (Å²) < 4.78 is 27.1. The summed E-state index contributed by atoms with van der Waals surface area (Å²) in [5.74, 6) is -2.74. The van der Waals surface area contributed by atoms with E-state index >= 15 is 0 Å². The molecular formula is C15H13BrF2N2O. The van der Waals surface area contributed by atoms with Crippen LogP contribution in [-0.4, -0.2) is 5.91 Å². The molecule has 6 heteroatoms. The zero-order valence-corrected chi connectivity index (χ0v) is 12.7. The Morgan fingerprint density at radius 2 is 1.90 bits per heavy atom. The second kappa shape index (κ2) is 6.22. The fourth-order valence-corrected chi connectivity index (χ4v) is 2.31. The number of hydrogen-bond acceptors (Lipinski definition) is 2. The van der Waals surface area contributed by atoms with E-state index in [-0.39, 0.29) is 17.3 Å². The van der Waals surface area contributed by atoms with Crippen LogP contribution in [0.4, 0.5) is 14.5 Å². The van der Waals surface area contributed by atoms with Crippen molar-refractivity contribution in [3.05, 3.63) is 63.6 Å². The van der Waals surface area contributed by atoms with Crippen molar-refractivity contribution >= 4 is 27.5 Å². The molecule has 0 aliphatic heterocycles. The van der Waals surface area contributed by atoms with Crippen LogP contribution >= 0.6 is 15.9 Å². The van der Waals surface area contributed by atoms with Gasteiger partial charge >= 0.3 is 0 Å². The van der Waals surface area contributed by atoms with Crippen LogP contribution in [0.1, 0.15) is 28.9 Å². The van der Waals surface area contributed by atoms with E-state index in [4.69, 9.17) is 5.73 Å². The summed E-state index contributed by atoms with van der Waals surface area (Å²) in [6.07, 6.45) is 0. The molecule has 1 amide bonds. The lowest BCUT2D eigenvalue weighted by molar-refractivity contribution is 0.0940. The standard InChI is InChI=1S/C15H13BrF2N2O/c1-8(9-3-2-4-10(16)5-9)20-15(21)11-6-12(17)13(18)7-14(11)19/h2-8H,19H2,1H3,(H,20,21). The number of amides is 1. The Morgan fingerprint density at radius 1 is 1.24 bits per heavy atom. The van der Waals surface area contributed by atoms with Crippen LogP contribution in [0.15, 0.2) is 40.9 Å². The summed E-state index contributed by atoms with van der Waals surface area (Å²) in [7, 11) is 0. The van der Waals surface area contributed by atoms with Crippen LogP contribution < -0.4 is 11.1 Å². The predicted octanol–water partition coefficient (Wildman–Crippen LogP) is 3.80. The minimum absolute atomic E-state index is 0.0873. The Labute approximate surface area is 129 Å². The molecule has 0 heterocycles. The topological polar surface area (TPSA) is 55.1 Å². The number of carbonyl (C=O) groups is 1. The lowest BCUT2D eigenvalue weighted by Crippen LogP contribution is -2.27. The number of nitrogens with one attached hydrogen (secondary N) is 1. The van der Waals surface area contributed by atoms with E-state index in [1.165, 1.54) is 0 Å². The number of anilines is 1. The summed E-state index contributed by atoms with van der Waals surface area (Å²) in [5, 5.41) is 2.70. The zero-order chi connectivity index (χ0) is 15.6. The van der Waals surface area contributed by atoms with Gasteiger partial charge in [-0.1, -0.05) is 28.1 Å². The smallest absolute Gasteiger partial charge is 0.253 e. The van der Waals surface area contributed by atoms with Crippen LogP contribution in [0.2, 0.25) is 0 Å². The van der Waals surface area contributed by atoms with Crippen molar-refractivity contribution < 1.29 is 13.6 Å². The first-order chi connectivity index (χ1) is 9.88. The highest BCUT2D eigenvalue weighted by atomic mass is 79.9. The van der Waals surface area contributed by atoms with Gasteiger partial charge in [-0.2, -0.15) is 0 Å². The highest BCUT2D eigenvalue weighted by Crippen LogP contribution is 2.20. The molecule has 2 rings (SSSR count). The average Bonchev–Trinajstić information content (AvgIpc) is 2.42. The van der Waals surface area contributed by atoms with Gasteiger partial charge in [-0.3, -0.25) is 4.79 Å². The fraction of sp³-hybridized carbons (Fsp3) is 0.133. The Balaban J connectivity index is 2.20. The van der Waals surface area contributed by atoms with E-state index < -0.39 is 17.5 Å². The normalized spacial score (nSPS) is 12.0. The molecule has 0 radical (unpaired) electrons. The van der Waals surface area contributed by atoms with Gasteiger partial charge in [0.25, 0.3) is 5.91 Å². The van der Waals surface area contributed by atoms with Crippen LogP contribution in [0, 0.1) is 11.6 Å². The molecule has 0 saturated heterocycles. The molecule has 0 spiro atoms. The lowest BCUT2D eigenvalue weighted by atomic mass is 10.1. The molecule has 0 aliphatic carbocycles. The number of hydrogen-bond donors (Lipinski definition) is 2. The number of halogens is 3. The number of nitrogens with two attached hydrogens (primary N) is 1. The summed E-state index contributed by atoms with van der Waals surface area (Å²) >= 11 is 3.35. The summed E-state index contributed by atoms with van der Waals surface area (Å²) in [6.45, 7) is 1.79. The third-order valence-corrected chi connectivity index (χ3v) is 3.53. The maximum absolute atomic E-state index is 13.2. The minimum Gasteiger partial charge on any atom is -0.398 e. The molecule has 3 N–H and O–H groups in total. The summed E-state index contributed by atoms with van der Waals surface area (Å²) in [5.41, 5.74) is 6.24. The van der Waals surface area contributed by atoms with Gasteiger partial charge < -0.3 is 11.1 Å². The van der Waals surface area contributed by atoms with Crippen LogP contribution in [0.25, 0.3) is 0 Å². The van der Waals surface area contributed by atoms with Gasteiger partial charge in [0.05, 0.1) is 11.6 Å². The number of carbonyl (C=O) groups excluding carboxylic acids is 1. The highest BCUT2D eigenvalue weighted by molar-refractivity contribution is 9.10. The van der Waals surface area contributed by atoms with Crippen molar-refractivity contribution in [2.75, 3.05) is 5.73 Å². The number of benzene rings is 2. The maximum atomic E-state index is 13.2. The predicted molar refractivity (Wildman–Crippen MR) is 80.8 cm³/mol. The second-order valence-electron chi connectivity index (χ2n) is 4.60. The van der Waals surface area contributed by atoms with Gasteiger partial charge in [0, 0.05) is 16.2 Å². The first kappa shape index (κ1) is 15.4. The molecule has 0 aliphatic rings. The van der Waals surface area contributed by atoms with E-state index in [2.05, 4.69) is 21.2 Å². The van der Waals surface area contributed by atoms with Gasteiger partial charge in [-0.15, -0.1) is 0 Å². The largest absolute Gasteiger partial charge is 0.398 e. The highest BCUT2D eigenvalue weighted by Gasteiger charge is 2.17. The molecule has 1 atom stereocenters. The SMILES string of the molecule is CC(NC(=O)c1cc(F)c(F)cc1N)c1cccc(Br)c1. The van der Waals surface area contributed by atoms with E-state index in [9.17, 15) is 13.6 Å². The molecule has 1 unspecified atom stereocenters. The Morgan fingerprint density at radius 3 is 2.57 bits per heavy atom. The molecule has 110 valence electrons. The maximum Gasteiger partial charge on any atom is 0.253 e. The van der Waals surface area contributed by atoms with Crippen LogP contribution in [0.3, 0.4) is 0 Å². The number of nitrogen functional groups attached to an aromatic ring is 1. The van der Waals surface area contributed by atoms with E-state index in [1.54, 1.807) is 6.92 Å². The van der Waals surface area contributed by atoms with Crippen LogP contribution in [0.5, 0.6) is 0 Å². The monoisotopic (exact) mass is 354 g/mol. The zero-order valence-electron chi connectivity index (χ0n) is 11.2. The summed E-state index contributed by atoms with van der Waals surface area (Å²) in [6, 6.07) is 8.72. The third kappa shape index (κ3) is 3.58. The Bertz CT molecular complexity index is 691. The molecule has 0 fully saturated rings. The van der Waals surface area contributed by atoms with Crippen molar-refractivity contribution in [3.8, 4) is 0 Å². The number of rotatable bonds is 3. The molecule has 0 bridgehead atoms. The molecule has 2 aromatic rings. The molecule has 0 aromatic heterocycles. The van der Waals surface area contributed by atoms with Gasteiger partial charge in [-0.25, -0.2) is 8.78 Å². The summed E-state index contributed by atoms with van der Waals surface area (Å²) in [4.78, 5) is 12.1. The molecule has 0 saturated carbocycles. The molecule has 21 heavy (non-hydrogen) atoms. The fourth-order valence-electron chi connectivity index (χ4n) is 1.89. The van der Waals surface area contributed by atoms with Gasteiger partial charge in [-0.05, 0) is 30.7 Å². The van der Waals surface area contributed by atoms with Crippen LogP contribution in [-0.2, 0) is 0 Å². The van der Waals surface area contributed by atoms with Gasteiger partial charge in [0.15, 0.2) is 11.6 Å². The van der Waals surface area contributed by atoms with Crippen molar-refractivity contribution in [1.29, 1.82) is 0 Å². The van der Waals surface area contributed by atoms with Gasteiger partial charge in [0.2, 0.25) is 0 Å². The molecule has 2 aromatic carbocycles. The third-order valence-electron chi connectivity index (χ3n) is 3.03. The second-order valence-corrected chi connectivity index (χ2v) is 5.52. The van der Waals surface area contributed by atoms with Crippen molar-refractivity contribution in [3.63, 3.8) is 0 Å². The van der Waals surface area contributed by atoms with E-state index in [0.29, 0.717) is 0 Å². The lowest BCUT2D eigenvalue weighted by Gasteiger charge is -2.15. The average molecular weight is 355 g/mol. The minimum atomic E-state index is -1.11. The molecule has 3 nitrogen and oxygen atoms in total.